The van der Waals surface area contributed by atoms with Gasteiger partial charge in [-0.1, -0.05) is 42.5 Å². The Hall–Kier alpha value is -2.10. The highest BCUT2D eigenvalue weighted by Crippen LogP contribution is 2.41. The molecule has 1 aromatic carbocycles. The molecule has 1 saturated heterocycles. The molecular formula is C19H21NO3. The Morgan fingerprint density at radius 3 is 2.61 bits per heavy atom. The Bertz CT molecular complexity index is 635. The van der Waals surface area contributed by atoms with Gasteiger partial charge in [-0.15, -0.1) is 0 Å². The van der Waals surface area contributed by atoms with Gasteiger partial charge in [0.05, 0.1) is 6.04 Å². The van der Waals surface area contributed by atoms with Crippen molar-refractivity contribution in [3.63, 3.8) is 0 Å². The number of carbonyl (C=O) groups excluding carboxylic acids is 2. The van der Waals surface area contributed by atoms with Crippen LogP contribution in [0.15, 0.2) is 42.5 Å². The Morgan fingerprint density at radius 2 is 1.91 bits per heavy atom. The molecule has 0 aromatic heterocycles. The normalized spacial score (nSPS) is 28.7. The topological polar surface area (TPSA) is 46.6 Å². The van der Waals surface area contributed by atoms with Crippen LogP contribution in [-0.4, -0.2) is 29.4 Å². The van der Waals surface area contributed by atoms with Crippen molar-refractivity contribution in [1.82, 2.24) is 4.90 Å². The van der Waals surface area contributed by atoms with E-state index in [1.807, 2.05) is 36.4 Å². The Kier molecular flexibility index (Phi) is 3.68. The molecule has 23 heavy (non-hydrogen) atoms. The Morgan fingerprint density at radius 1 is 1.13 bits per heavy atom. The molecule has 2 bridgehead atoms. The summed E-state index contributed by atoms with van der Waals surface area (Å²) >= 11 is 0. The van der Waals surface area contributed by atoms with E-state index in [9.17, 15) is 9.59 Å². The summed E-state index contributed by atoms with van der Waals surface area (Å²) in [5.74, 6) is 0.854. The van der Waals surface area contributed by atoms with Crippen molar-refractivity contribution in [1.29, 1.82) is 0 Å². The molecule has 4 aliphatic rings. The number of fused-ring (bicyclic) bond motifs is 2. The third-order valence-corrected chi connectivity index (χ3v) is 5.13. The minimum atomic E-state index is -0.304. The number of ether oxygens (including phenoxy) is 1. The molecule has 0 unspecified atom stereocenters. The number of hydrogen-bond donors (Lipinski definition) is 0. The van der Waals surface area contributed by atoms with Crippen LogP contribution in [0.1, 0.15) is 24.8 Å². The molecule has 0 N–H and O–H groups in total. The number of hydrogen-bond acceptors (Lipinski definition) is 3. The molecule has 1 aromatic rings. The smallest absolute Gasteiger partial charge is 0.410 e. The van der Waals surface area contributed by atoms with E-state index in [1.54, 1.807) is 4.90 Å². The molecule has 1 amide bonds. The summed E-state index contributed by atoms with van der Waals surface area (Å²) in [7, 11) is 0. The number of ketones is 1. The summed E-state index contributed by atoms with van der Waals surface area (Å²) in [6.45, 7) is 0.946. The van der Waals surface area contributed by atoms with E-state index in [0.717, 1.165) is 24.8 Å². The molecular weight excluding hydrogens is 290 g/mol. The van der Waals surface area contributed by atoms with Crippen molar-refractivity contribution in [3.05, 3.63) is 48.0 Å². The van der Waals surface area contributed by atoms with Crippen LogP contribution >= 0.6 is 0 Å². The lowest BCUT2D eigenvalue weighted by atomic mass is 9.75. The first-order valence-electron chi connectivity index (χ1n) is 8.42. The van der Waals surface area contributed by atoms with Gasteiger partial charge in [0.1, 0.15) is 12.4 Å². The monoisotopic (exact) mass is 311 g/mol. The van der Waals surface area contributed by atoms with Gasteiger partial charge in [0.25, 0.3) is 0 Å². The summed E-state index contributed by atoms with van der Waals surface area (Å²) in [5, 5.41) is 0. The fourth-order valence-electron chi connectivity index (χ4n) is 3.73. The quantitative estimate of drug-likeness (QED) is 0.802. The third kappa shape index (κ3) is 2.90. The van der Waals surface area contributed by atoms with Crippen LogP contribution < -0.4 is 0 Å². The molecule has 2 aliphatic carbocycles. The maximum absolute atomic E-state index is 12.5. The van der Waals surface area contributed by atoms with Crippen LogP contribution in [0.4, 0.5) is 4.79 Å². The molecule has 2 heterocycles. The van der Waals surface area contributed by atoms with E-state index in [0.29, 0.717) is 12.3 Å². The van der Waals surface area contributed by atoms with Crippen molar-refractivity contribution in [3.8, 4) is 0 Å². The van der Waals surface area contributed by atoms with Crippen LogP contribution in [0.3, 0.4) is 0 Å². The van der Waals surface area contributed by atoms with Gasteiger partial charge in [0.15, 0.2) is 0 Å². The molecule has 0 radical (unpaired) electrons. The highest BCUT2D eigenvalue weighted by Gasteiger charge is 2.47. The summed E-state index contributed by atoms with van der Waals surface area (Å²) in [4.78, 5) is 26.7. The maximum Gasteiger partial charge on any atom is 0.410 e. The molecule has 2 aliphatic heterocycles. The number of piperidine rings is 1. The standard InChI is InChI=1S/C19H21NO3/c21-18(15-7-8-15)16-10-14-6-9-17(16)20(11-14)19(22)23-12-13-4-2-1-3-5-13/h1-6,9,14-17H,7-8,10-12H2/t14-,16-,17+/m1/s1. The van der Waals surface area contributed by atoms with Gasteiger partial charge in [-0.2, -0.15) is 0 Å². The van der Waals surface area contributed by atoms with Crippen molar-refractivity contribution in [2.75, 3.05) is 6.54 Å². The number of amides is 1. The maximum atomic E-state index is 12.5. The minimum absolute atomic E-state index is 0.0319. The fraction of sp³-hybridized carbons (Fsp3) is 0.474. The second-order valence-electron chi connectivity index (χ2n) is 6.85. The van der Waals surface area contributed by atoms with Crippen LogP contribution in [0.25, 0.3) is 0 Å². The van der Waals surface area contributed by atoms with E-state index in [2.05, 4.69) is 6.08 Å². The first kappa shape index (κ1) is 14.5. The van der Waals surface area contributed by atoms with Crippen LogP contribution in [0.2, 0.25) is 0 Å². The Labute approximate surface area is 136 Å². The average Bonchev–Trinajstić information content (AvgIpc) is 3.45. The van der Waals surface area contributed by atoms with Crippen molar-refractivity contribution in [2.24, 2.45) is 17.8 Å². The first-order valence-corrected chi connectivity index (χ1v) is 8.42. The van der Waals surface area contributed by atoms with Crippen LogP contribution in [0, 0.1) is 17.8 Å². The lowest BCUT2D eigenvalue weighted by Crippen LogP contribution is -2.55. The van der Waals surface area contributed by atoms with Gasteiger partial charge in [-0.3, -0.25) is 4.79 Å². The van der Waals surface area contributed by atoms with E-state index < -0.39 is 0 Å². The minimum Gasteiger partial charge on any atom is -0.445 e. The number of carbonyl (C=O) groups is 2. The van der Waals surface area contributed by atoms with Gasteiger partial charge in [-0.25, -0.2) is 4.79 Å². The zero-order valence-electron chi connectivity index (χ0n) is 13.1. The second-order valence-corrected chi connectivity index (χ2v) is 6.85. The number of Topliss-reactive ketones (excluding diaryl/α,β-unsaturated/α-hetero) is 1. The van der Waals surface area contributed by atoms with Crippen molar-refractivity contribution >= 4 is 11.9 Å². The summed E-state index contributed by atoms with van der Waals surface area (Å²) in [5.41, 5.74) is 0.976. The largest absolute Gasteiger partial charge is 0.445 e. The fourth-order valence-corrected chi connectivity index (χ4v) is 3.73. The summed E-state index contributed by atoms with van der Waals surface area (Å²) < 4.78 is 5.47. The molecule has 5 rings (SSSR count). The number of rotatable bonds is 4. The Balaban J connectivity index is 1.42. The zero-order chi connectivity index (χ0) is 15.8. The molecule has 2 fully saturated rings. The lowest BCUT2D eigenvalue weighted by Gasteiger charge is -2.45. The number of nitrogens with zero attached hydrogens (tertiary/aromatic N) is 1. The van der Waals surface area contributed by atoms with Crippen molar-refractivity contribution in [2.45, 2.75) is 31.9 Å². The zero-order valence-corrected chi connectivity index (χ0v) is 13.1. The first-order chi connectivity index (χ1) is 11.2. The predicted molar refractivity (Wildman–Crippen MR) is 85.6 cm³/mol. The van der Waals surface area contributed by atoms with Crippen LogP contribution in [-0.2, 0) is 16.1 Å². The van der Waals surface area contributed by atoms with E-state index in [4.69, 9.17) is 4.74 Å². The van der Waals surface area contributed by atoms with Gasteiger partial charge in [0.2, 0.25) is 0 Å². The summed E-state index contributed by atoms with van der Waals surface area (Å²) in [6.07, 6.45) is 6.82. The third-order valence-electron chi connectivity index (χ3n) is 5.13. The summed E-state index contributed by atoms with van der Waals surface area (Å²) in [6, 6.07) is 9.56. The SMILES string of the molecule is O=C(C1CC1)[C@@H]1C[C@H]2C=C[C@@H]1N(C(=O)OCc1ccccc1)C2. The molecule has 4 nitrogen and oxygen atoms in total. The highest BCUT2D eigenvalue weighted by molar-refractivity contribution is 5.87. The lowest BCUT2D eigenvalue weighted by molar-refractivity contribution is -0.127. The van der Waals surface area contributed by atoms with Gasteiger partial charge >= 0.3 is 6.09 Å². The van der Waals surface area contributed by atoms with E-state index >= 15 is 0 Å². The molecule has 3 atom stereocenters. The highest BCUT2D eigenvalue weighted by atomic mass is 16.6. The predicted octanol–water partition coefficient (Wildman–Crippen LogP) is 3.18. The molecule has 120 valence electrons. The van der Waals surface area contributed by atoms with Crippen molar-refractivity contribution < 1.29 is 14.3 Å². The van der Waals surface area contributed by atoms with Crippen LogP contribution in [0.5, 0.6) is 0 Å². The average molecular weight is 311 g/mol. The van der Waals surface area contributed by atoms with E-state index in [-0.39, 0.29) is 36.5 Å². The van der Waals surface area contributed by atoms with Gasteiger partial charge < -0.3 is 9.64 Å². The molecule has 4 heteroatoms. The molecule has 0 spiro atoms. The second kappa shape index (κ2) is 5.84. The number of benzene rings is 1. The van der Waals surface area contributed by atoms with Gasteiger partial charge in [-0.05, 0) is 30.7 Å². The van der Waals surface area contributed by atoms with Gasteiger partial charge in [0, 0.05) is 18.4 Å². The van der Waals surface area contributed by atoms with E-state index in [1.165, 1.54) is 0 Å². The molecule has 1 saturated carbocycles.